The van der Waals surface area contributed by atoms with Crippen molar-refractivity contribution in [2.75, 3.05) is 6.61 Å². The van der Waals surface area contributed by atoms with E-state index < -0.39 is 0 Å². The minimum atomic E-state index is -0.149. The summed E-state index contributed by atoms with van der Waals surface area (Å²) in [4.78, 5) is 18.7. The molecule has 136 valence electrons. The zero-order chi connectivity index (χ0) is 18.6. The number of hydrogen-bond acceptors (Lipinski definition) is 6. The molecule has 0 radical (unpaired) electrons. The number of hydrogen-bond donors (Lipinski definition) is 0. The highest BCUT2D eigenvalue weighted by atomic mass is 32.1. The third-order valence-electron chi connectivity index (χ3n) is 3.79. The van der Waals surface area contributed by atoms with Gasteiger partial charge in [-0.3, -0.25) is 4.79 Å². The van der Waals surface area contributed by atoms with E-state index in [1.807, 2.05) is 60.0 Å². The standard InChI is InChI=1S/C20H17N3O2S2/c1-2-11-25-15-7-5-14(6-8-15)13-17-19(24)23-20(27-17)21-18(22-23)10-9-16-4-3-12-26-16/h3-10,12-13H,2,11H2,1H3/b10-9+,17-13-. The van der Waals surface area contributed by atoms with Gasteiger partial charge >= 0.3 is 0 Å². The van der Waals surface area contributed by atoms with Gasteiger partial charge < -0.3 is 4.74 Å². The lowest BCUT2D eigenvalue weighted by Crippen LogP contribution is -2.23. The van der Waals surface area contributed by atoms with Crippen LogP contribution in [-0.2, 0) is 0 Å². The molecule has 0 saturated carbocycles. The molecule has 7 heteroatoms. The molecule has 0 atom stereocenters. The van der Waals surface area contributed by atoms with E-state index in [2.05, 4.69) is 17.0 Å². The average molecular weight is 396 g/mol. The summed E-state index contributed by atoms with van der Waals surface area (Å²) < 4.78 is 7.56. The number of fused-ring (bicyclic) bond motifs is 1. The quantitative estimate of drug-likeness (QED) is 0.499. The lowest BCUT2D eigenvalue weighted by molar-refractivity contribution is 0.317. The van der Waals surface area contributed by atoms with Crippen LogP contribution in [0.15, 0.2) is 46.6 Å². The largest absolute Gasteiger partial charge is 0.494 e. The van der Waals surface area contributed by atoms with Crippen LogP contribution in [0, 0.1) is 0 Å². The minimum absolute atomic E-state index is 0.149. The molecule has 0 aliphatic carbocycles. The van der Waals surface area contributed by atoms with Crippen LogP contribution in [0.1, 0.15) is 29.6 Å². The summed E-state index contributed by atoms with van der Waals surface area (Å²) in [6.07, 6.45) is 6.60. The molecule has 4 rings (SSSR count). The Morgan fingerprint density at radius 3 is 2.74 bits per heavy atom. The monoisotopic (exact) mass is 395 g/mol. The third kappa shape index (κ3) is 3.99. The molecule has 0 aliphatic rings. The highest BCUT2D eigenvalue weighted by Crippen LogP contribution is 2.14. The lowest BCUT2D eigenvalue weighted by atomic mass is 10.2. The number of rotatable bonds is 6. The van der Waals surface area contributed by atoms with Crippen molar-refractivity contribution < 1.29 is 4.74 Å². The van der Waals surface area contributed by atoms with E-state index in [-0.39, 0.29) is 5.56 Å². The Morgan fingerprint density at radius 2 is 2.04 bits per heavy atom. The highest BCUT2D eigenvalue weighted by molar-refractivity contribution is 7.15. The van der Waals surface area contributed by atoms with Gasteiger partial charge in [-0.15, -0.1) is 16.4 Å². The maximum absolute atomic E-state index is 12.6. The first kappa shape index (κ1) is 17.6. The van der Waals surface area contributed by atoms with Crippen LogP contribution in [0.25, 0.3) is 23.2 Å². The van der Waals surface area contributed by atoms with Crippen LogP contribution in [0.3, 0.4) is 0 Å². The minimum Gasteiger partial charge on any atom is -0.494 e. The Bertz CT molecular complexity index is 1170. The number of nitrogens with zero attached hydrogens (tertiary/aromatic N) is 3. The highest BCUT2D eigenvalue weighted by Gasteiger charge is 2.08. The first-order chi connectivity index (χ1) is 13.2. The van der Waals surface area contributed by atoms with Crippen molar-refractivity contribution >= 4 is 45.9 Å². The van der Waals surface area contributed by atoms with Crippen molar-refractivity contribution in [1.82, 2.24) is 14.6 Å². The molecular weight excluding hydrogens is 378 g/mol. The molecule has 1 aromatic carbocycles. The Balaban J connectivity index is 1.59. The van der Waals surface area contributed by atoms with Crippen LogP contribution in [0.5, 0.6) is 5.75 Å². The predicted molar refractivity (Wildman–Crippen MR) is 111 cm³/mol. The van der Waals surface area contributed by atoms with Crippen LogP contribution >= 0.6 is 22.7 Å². The molecule has 3 aromatic heterocycles. The number of benzene rings is 1. The first-order valence-corrected chi connectivity index (χ1v) is 10.3. The third-order valence-corrected chi connectivity index (χ3v) is 5.59. The summed E-state index contributed by atoms with van der Waals surface area (Å²) in [7, 11) is 0. The fourth-order valence-corrected chi connectivity index (χ4v) is 4.03. The average Bonchev–Trinajstić information content (AvgIpc) is 3.39. The predicted octanol–water partition coefficient (Wildman–Crippen LogP) is 3.72. The van der Waals surface area contributed by atoms with Gasteiger partial charge in [0.2, 0.25) is 4.96 Å². The summed E-state index contributed by atoms with van der Waals surface area (Å²) in [6.45, 7) is 2.77. The topological polar surface area (TPSA) is 56.5 Å². The van der Waals surface area contributed by atoms with E-state index in [0.29, 0.717) is 21.9 Å². The fourth-order valence-electron chi connectivity index (χ4n) is 2.49. The van der Waals surface area contributed by atoms with Crippen molar-refractivity contribution in [3.8, 4) is 5.75 Å². The second kappa shape index (κ2) is 7.85. The maximum Gasteiger partial charge on any atom is 0.291 e. The zero-order valence-corrected chi connectivity index (χ0v) is 16.3. The maximum atomic E-state index is 12.6. The Labute approximate surface area is 163 Å². The van der Waals surface area contributed by atoms with E-state index in [1.54, 1.807) is 11.3 Å². The molecule has 0 N–H and O–H groups in total. The van der Waals surface area contributed by atoms with E-state index >= 15 is 0 Å². The molecule has 0 fully saturated rings. The summed E-state index contributed by atoms with van der Waals surface area (Å²) in [5.74, 6) is 1.37. The van der Waals surface area contributed by atoms with Gasteiger partial charge in [-0.2, -0.15) is 9.50 Å². The fraction of sp³-hybridized carbons (Fsp3) is 0.150. The first-order valence-electron chi connectivity index (χ1n) is 8.58. The van der Waals surface area contributed by atoms with Gasteiger partial charge in [-0.05, 0) is 53.8 Å². The van der Waals surface area contributed by atoms with Crippen molar-refractivity contribution in [1.29, 1.82) is 0 Å². The van der Waals surface area contributed by atoms with Gasteiger partial charge in [0.25, 0.3) is 5.56 Å². The molecule has 0 aliphatic heterocycles. The van der Waals surface area contributed by atoms with Gasteiger partial charge in [0.15, 0.2) is 5.82 Å². The van der Waals surface area contributed by atoms with Gasteiger partial charge in [0.1, 0.15) is 5.75 Å². The second-order valence-corrected chi connectivity index (χ2v) is 7.83. The number of ether oxygens (including phenoxy) is 1. The Hall–Kier alpha value is -2.77. The van der Waals surface area contributed by atoms with Gasteiger partial charge in [0, 0.05) is 4.88 Å². The zero-order valence-electron chi connectivity index (χ0n) is 14.7. The van der Waals surface area contributed by atoms with Crippen molar-refractivity contribution in [2.45, 2.75) is 13.3 Å². The molecule has 3 heterocycles. The van der Waals surface area contributed by atoms with Crippen LogP contribution < -0.4 is 14.8 Å². The molecule has 0 amide bonds. The summed E-state index contributed by atoms with van der Waals surface area (Å²) in [6, 6.07) is 11.7. The summed E-state index contributed by atoms with van der Waals surface area (Å²) in [5.41, 5.74) is 0.794. The van der Waals surface area contributed by atoms with Gasteiger partial charge in [-0.1, -0.05) is 36.5 Å². The van der Waals surface area contributed by atoms with E-state index in [4.69, 9.17) is 4.74 Å². The molecule has 0 bridgehead atoms. The van der Waals surface area contributed by atoms with E-state index in [1.165, 1.54) is 15.9 Å². The van der Waals surface area contributed by atoms with Crippen molar-refractivity contribution in [2.24, 2.45) is 0 Å². The molecule has 5 nitrogen and oxygen atoms in total. The number of thiazole rings is 1. The van der Waals surface area contributed by atoms with Gasteiger partial charge in [0.05, 0.1) is 11.1 Å². The second-order valence-electron chi connectivity index (χ2n) is 5.85. The van der Waals surface area contributed by atoms with Gasteiger partial charge in [-0.25, -0.2) is 0 Å². The molecule has 27 heavy (non-hydrogen) atoms. The molecule has 0 spiro atoms. The van der Waals surface area contributed by atoms with Crippen molar-refractivity contribution in [3.05, 3.63) is 72.9 Å². The summed E-state index contributed by atoms with van der Waals surface area (Å²) in [5, 5.41) is 6.32. The Morgan fingerprint density at radius 1 is 1.19 bits per heavy atom. The number of aromatic nitrogens is 3. The summed E-state index contributed by atoms with van der Waals surface area (Å²) >= 11 is 2.98. The molecule has 0 unspecified atom stereocenters. The molecular formula is C20H17N3O2S2. The normalized spacial score (nSPS) is 12.4. The van der Waals surface area contributed by atoms with E-state index in [9.17, 15) is 4.79 Å². The van der Waals surface area contributed by atoms with Crippen LogP contribution in [0.4, 0.5) is 0 Å². The SMILES string of the molecule is CCCOc1ccc(/C=c2\sc3nc(/C=C/c4cccs4)nn3c2=O)cc1. The number of thiophene rings is 1. The van der Waals surface area contributed by atoms with E-state index in [0.717, 1.165) is 22.6 Å². The molecule has 0 saturated heterocycles. The van der Waals surface area contributed by atoms with Crippen LogP contribution in [0.2, 0.25) is 0 Å². The van der Waals surface area contributed by atoms with Crippen LogP contribution in [-0.4, -0.2) is 21.2 Å². The smallest absolute Gasteiger partial charge is 0.291 e. The van der Waals surface area contributed by atoms with Crippen molar-refractivity contribution in [3.63, 3.8) is 0 Å². The lowest BCUT2D eigenvalue weighted by Gasteiger charge is -2.03. The Kier molecular flexibility index (Phi) is 5.13. The molecule has 4 aromatic rings.